The summed E-state index contributed by atoms with van der Waals surface area (Å²) in [6.45, 7) is 5.62. The summed E-state index contributed by atoms with van der Waals surface area (Å²) >= 11 is 7.65. The molecule has 4 rings (SSSR count). The number of fused-ring (bicyclic) bond motifs is 1. The Morgan fingerprint density at radius 1 is 1.39 bits per heavy atom. The number of anilines is 1. The van der Waals surface area contributed by atoms with E-state index in [1.165, 1.54) is 42.4 Å². The number of rotatable bonds is 5. The first-order valence-electron chi connectivity index (χ1n) is 9.50. The largest absolute Gasteiger partial charge is 0.323 e. The highest BCUT2D eigenvalue weighted by Crippen LogP contribution is 2.22. The van der Waals surface area contributed by atoms with E-state index in [0.29, 0.717) is 10.8 Å². The fourth-order valence-corrected chi connectivity index (χ4v) is 4.65. The van der Waals surface area contributed by atoms with E-state index in [4.69, 9.17) is 11.6 Å². The average Bonchev–Trinajstić information content (AvgIpc) is 3.22. The van der Waals surface area contributed by atoms with Gasteiger partial charge in [-0.1, -0.05) is 30.7 Å². The molecule has 1 aliphatic heterocycles. The van der Waals surface area contributed by atoms with Gasteiger partial charge in [0, 0.05) is 36.4 Å². The van der Waals surface area contributed by atoms with Crippen molar-refractivity contribution in [1.82, 2.24) is 14.3 Å². The predicted molar refractivity (Wildman–Crippen MR) is 116 cm³/mol. The first-order chi connectivity index (χ1) is 13.6. The zero-order chi connectivity index (χ0) is 19.5. The van der Waals surface area contributed by atoms with Crippen molar-refractivity contribution in [3.8, 4) is 0 Å². The average molecular weight is 415 g/mol. The highest BCUT2D eigenvalue weighted by molar-refractivity contribution is 7.15. The molecule has 5 nitrogen and oxygen atoms in total. The van der Waals surface area contributed by atoms with Crippen molar-refractivity contribution in [1.29, 1.82) is 0 Å². The third kappa shape index (κ3) is 4.46. The molecule has 1 unspecified atom stereocenters. The molecule has 1 saturated heterocycles. The molecule has 1 atom stereocenters. The number of carbonyl (C=O) groups excluding carboxylic acids is 1. The van der Waals surface area contributed by atoms with Crippen LogP contribution in [-0.2, 0) is 11.3 Å². The van der Waals surface area contributed by atoms with Crippen molar-refractivity contribution in [3.05, 3.63) is 58.3 Å². The molecule has 0 saturated carbocycles. The summed E-state index contributed by atoms with van der Waals surface area (Å²) in [5.74, 6) is 0.581. The lowest BCUT2D eigenvalue weighted by Gasteiger charge is -2.30. The minimum Gasteiger partial charge on any atom is -0.323 e. The summed E-state index contributed by atoms with van der Waals surface area (Å²) in [6, 6.07) is 8.08. The number of nitrogens with one attached hydrogen (secondary N) is 1. The Kier molecular flexibility index (Phi) is 5.80. The highest BCUT2D eigenvalue weighted by atomic mass is 35.5. The Morgan fingerprint density at radius 3 is 3.00 bits per heavy atom. The molecular formula is C21H23ClN4OS. The van der Waals surface area contributed by atoms with Gasteiger partial charge in [-0.05, 0) is 49.1 Å². The number of thiazole rings is 1. The predicted octanol–water partition coefficient (Wildman–Crippen LogP) is 4.93. The van der Waals surface area contributed by atoms with Gasteiger partial charge in [-0.3, -0.25) is 14.1 Å². The van der Waals surface area contributed by atoms with Gasteiger partial charge < -0.3 is 5.32 Å². The lowest BCUT2D eigenvalue weighted by molar-refractivity contribution is -0.111. The molecule has 0 bridgehead atoms. The molecule has 3 aromatic rings. The van der Waals surface area contributed by atoms with Gasteiger partial charge >= 0.3 is 0 Å². The number of likely N-dealkylation sites (tertiary alicyclic amines) is 1. The smallest absolute Gasteiger partial charge is 0.248 e. The number of aromatic nitrogens is 2. The van der Waals surface area contributed by atoms with Crippen LogP contribution in [0.4, 0.5) is 5.69 Å². The van der Waals surface area contributed by atoms with Gasteiger partial charge in [-0.15, -0.1) is 11.3 Å². The summed E-state index contributed by atoms with van der Waals surface area (Å²) in [5.41, 5.74) is 2.76. The van der Waals surface area contributed by atoms with Crippen LogP contribution >= 0.6 is 22.9 Å². The molecule has 146 valence electrons. The number of hydrogen-bond donors (Lipinski definition) is 1. The minimum absolute atomic E-state index is 0.196. The summed E-state index contributed by atoms with van der Waals surface area (Å²) < 4.78 is 1.87. The molecule has 0 spiro atoms. The van der Waals surface area contributed by atoms with Crippen molar-refractivity contribution >= 4 is 45.6 Å². The van der Waals surface area contributed by atoms with E-state index >= 15 is 0 Å². The third-order valence-corrected chi connectivity index (χ3v) is 6.05. The number of nitrogens with zero attached hydrogens (tertiary/aromatic N) is 3. The zero-order valence-corrected chi connectivity index (χ0v) is 17.3. The van der Waals surface area contributed by atoms with Crippen LogP contribution in [0.5, 0.6) is 0 Å². The maximum Gasteiger partial charge on any atom is 0.248 e. The molecular weight excluding hydrogens is 392 g/mol. The molecule has 1 fully saturated rings. The van der Waals surface area contributed by atoms with Gasteiger partial charge in [0.15, 0.2) is 10.1 Å². The number of carbonyl (C=O) groups is 1. The number of amides is 1. The van der Waals surface area contributed by atoms with Crippen LogP contribution in [0.25, 0.3) is 11.0 Å². The highest BCUT2D eigenvalue weighted by Gasteiger charge is 2.16. The van der Waals surface area contributed by atoms with E-state index < -0.39 is 0 Å². The Hall–Kier alpha value is -2.15. The minimum atomic E-state index is -0.196. The van der Waals surface area contributed by atoms with Gasteiger partial charge in [-0.2, -0.15) is 0 Å². The van der Waals surface area contributed by atoms with Crippen LogP contribution in [0.1, 0.15) is 31.0 Å². The number of hydrogen-bond acceptors (Lipinski definition) is 4. The molecule has 28 heavy (non-hydrogen) atoms. The van der Waals surface area contributed by atoms with Gasteiger partial charge in [0.2, 0.25) is 5.91 Å². The number of imidazole rings is 1. The first kappa shape index (κ1) is 19.2. The fraction of sp³-hybridized carbons (Fsp3) is 0.333. The standard InChI is InChI=1S/C21H23ClN4OS/c1-15-3-2-10-25(13-15)14-16-4-6-17(7-5-16)23-19(27)9-8-18-20(22)24-21-26(18)11-12-28-21/h4-9,11-12,15H,2-3,10,13-14H2,1H3,(H,23,27)/b9-8+. The van der Waals surface area contributed by atoms with Gasteiger partial charge in [0.05, 0.1) is 5.69 Å². The van der Waals surface area contributed by atoms with Crippen LogP contribution in [0.3, 0.4) is 0 Å². The lowest BCUT2D eigenvalue weighted by Crippen LogP contribution is -2.33. The number of benzene rings is 1. The molecule has 2 aromatic heterocycles. The van der Waals surface area contributed by atoms with Crippen LogP contribution < -0.4 is 5.32 Å². The maximum atomic E-state index is 12.3. The van der Waals surface area contributed by atoms with Crippen LogP contribution in [0.2, 0.25) is 5.15 Å². The lowest BCUT2D eigenvalue weighted by atomic mass is 10.00. The number of piperidine rings is 1. The zero-order valence-electron chi connectivity index (χ0n) is 15.8. The van der Waals surface area contributed by atoms with Crippen molar-refractivity contribution in [2.75, 3.05) is 18.4 Å². The molecule has 1 aliphatic rings. The van der Waals surface area contributed by atoms with Crippen LogP contribution in [0.15, 0.2) is 41.9 Å². The van der Waals surface area contributed by atoms with Crippen molar-refractivity contribution in [2.24, 2.45) is 5.92 Å². The summed E-state index contributed by atoms with van der Waals surface area (Å²) in [5, 5.41) is 5.22. The van der Waals surface area contributed by atoms with E-state index in [2.05, 4.69) is 34.3 Å². The Balaban J connectivity index is 1.35. The Labute approximate surface area is 173 Å². The topological polar surface area (TPSA) is 49.6 Å². The molecule has 7 heteroatoms. The van der Waals surface area contributed by atoms with Crippen LogP contribution in [0, 0.1) is 5.92 Å². The summed E-state index contributed by atoms with van der Waals surface area (Å²) in [6.07, 6.45) is 7.67. The second-order valence-corrected chi connectivity index (χ2v) is 8.58. The van der Waals surface area contributed by atoms with Gasteiger partial charge in [0.25, 0.3) is 0 Å². The maximum absolute atomic E-state index is 12.3. The molecule has 0 radical (unpaired) electrons. The quantitative estimate of drug-likeness (QED) is 0.602. The second-order valence-electron chi connectivity index (χ2n) is 7.35. The number of halogens is 1. The van der Waals surface area contributed by atoms with Gasteiger partial charge in [-0.25, -0.2) is 4.98 Å². The SMILES string of the molecule is CC1CCCN(Cc2ccc(NC(=O)/C=C/c3c(Cl)nc4sccn34)cc2)C1. The molecule has 0 aliphatic carbocycles. The normalized spacial score (nSPS) is 18.1. The van der Waals surface area contributed by atoms with Crippen molar-refractivity contribution < 1.29 is 4.79 Å². The van der Waals surface area contributed by atoms with Gasteiger partial charge in [0.1, 0.15) is 0 Å². The first-order valence-corrected chi connectivity index (χ1v) is 10.8. The van der Waals surface area contributed by atoms with E-state index in [-0.39, 0.29) is 5.91 Å². The Morgan fingerprint density at radius 2 is 2.21 bits per heavy atom. The Bertz CT molecular complexity index is 992. The fourth-order valence-electron chi connectivity index (χ4n) is 3.65. The molecule has 1 aromatic carbocycles. The summed E-state index contributed by atoms with van der Waals surface area (Å²) in [4.78, 5) is 19.8. The van der Waals surface area contributed by atoms with Crippen molar-refractivity contribution in [2.45, 2.75) is 26.3 Å². The molecule has 1 N–H and O–H groups in total. The van der Waals surface area contributed by atoms with Crippen LogP contribution in [-0.4, -0.2) is 33.3 Å². The van der Waals surface area contributed by atoms with E-state index in [9.17, 15) is 4.79 Å². The van der Waals surface area contributed by atoms with E-state index in [1.807, 2.05) is 28.1 Å². The second kappa shape index (κ2) is 8.47. The van der Waals surface area contributed by atoms with Crippen molar-refractivity contribution in [3.63, 3.8) is 0 Å². The third-order valence-electron chi connectivity index (χ3n) is 5.02. The monoisotopic (exact) mass is 414 g/mol. The molecule has 1 amide bonds. The van der Waals surface area contributed by atoms with E-state index in [1.54, 1.807) is 6.08 Å². The summed E-state index contributed by atoms with van der Waals surface area (Å²) in [7, 11) is 0. The molecule has 3 heterocycles. The van der Waals surface area contributed by atoms with E-state index in [0.717, 1.165) is 29.7 Å².